The van der Waals surface area contributed by atoms with Gasteiger partial charge in [-0.05, 0) is 301 Å². The summed E-state index contributed by atoms with van der Waals surface area (Å²) in [6.07, 6.45) is 41.1. The van der Waals surface area contributed by atoms with Crippen LogP contribution >= 0.6 is 0 Å². The van der Waals surface area contributed by atoms with E-state index in [2.05, 4.69) is 137 Å². The van der Waals surface area contributed by atoms with Crippen LogP contribution in [-0.4, -0.2) is 454 Å². The molecule has 0 bridgehead atoms. The summed E-state index contributed by atoms with van der Waals surface area (Å²) >= 11 is 0. The lowest BCUT2D eigenvalue weighted by atomic mass is 9.93. The van der Waals surface area contributed by atoms with Crippen LogP contribution in [0.3, 0.4) is 0 Å². The minimum absolute atomic E-state index is 0.264. The first-order valence-corrected chi connectivity index (χ1v) is 51.4. The fraction of sp³-hybridized carbons (Fsp3) is 0.937. The third-order valence-electron chi connectivity index (χ3n) is 25.6. The maximum Gasteiger partial charge on any atom is 0.0945 e. The molecule has 2 aromatic heterocycles. The van der Waals surface area contributed by atoms with E-state index in [-0.39, 0.29) is 6.61 Å². The summed E-state index contributed by atoms with van der Waals surface area (Å²) in [5.41, 5.74) is 72.2. The van der Waals surface area contributed by atoms with E-state index in [1.807, 2.05) is 29.4 Å². The van der Waals surface area contributed by atoms with Gasteiger partial charge in [0.05, 0.1) is 58.0 Å². The van der Waals surface area contributed by atoms with Gasteiger partial charge in [0.15, 0.2) is 0 Å². The number of nitrogens with one attached hydrogen (secondary N) is 1. The third kappa shape index (κ3) is 73.1. The van der Waals surface area contributed by atoms with Crippen molar-refractivity contribution in [2.24, 2.45) is 81.6 Å². The Bertz CT molecular complexity index is 2390. The van der Waals surface area contributed by atoms with Crippen LogP contribution in [0.25, 0.3) is 0 Å². The maximum absolute atomic E-state index is 8.54. The number of β-amino-alcohol motifs (C(OH)–C–C–N with tert-alkyl or cyclic N) is 2. The van der Waals surface area contributed by atoms with Crippen LogP contribution in [0, 0.1) is 0 Å². The number of nitrogens with two attached hydrogens (primary N) is 13. The zero-order chi connectivity index (χ0) is 96.0. The number of rotatable bonds is 30. The number of aliphatic hydroxyl groups excluding tert-OH is 2. The molecule has 29 N–H and O–H groups in total. The molecule has 1 aliphatic carbocycles. The molecule has 34 heteroatoms. The first-order valence-electron chi connectivity index (χ1n) is 51.4. The van der Waals surface area contributed by atoms with Crippen LogP contribution in [0.2, 0.25) is 0 Å². The monoisotopic (exact) mass is 1840 g/mol. The van der Waals surface area contributed by atoms with Crippen molar-refractivity contribution in [3.05, 3.63) is 36.9 Å². The SMILES string of the molecule is CCN(CC)CCN.CCN(CC)CCN.CCN1CCCC1CN.CN1CCCC(N)C1.CN1CCCC1CCCN.CN1CCCC1CN.CN1CCCCC1CN.CNCCN1CCOCC1.Cn1cncc1CN.NC1CCC(N)CC1.NCCCn1ccnc1.NCCN1CCCC1.NCCN1CCCCC1.OCCN1CCCC1.OCCN1CCOCC1. The number of likely N-dealkylation sites (N-methyl/N-ethyl adjacent to an activating group) is 7. The molecule has 1 saturated carbocycles. The Morgan fingerprint density at radius 1 is 0.403 bits per heavy atom. The average Bonchev–Trinajstić information content (AvgIpc) is 1.79. The Morgan fingerprint density at radius 3 is 1.13 bits per heavy atom. The fourth-order valence-electron chi connectivity index (χ4n) is 16.8. The van der Waals surface area contributed by atoms with Crippen LogP contribution in [0.4, 0.5) is 0 Å². The van der Waals surface area contributed by atoms with E-state index >= 15 is 0 Å². The van der Waals surface area contributed by atoms with E-state index in [1.54, 1.807) is 25.0 Å². The van der Waals surface area contributed by atoms with Crippen LogP contribution in [0.5, 0.6) is 0 Å². The van der Waals surface area contributed by atoms with Gasteiger partial charge in [0, 0.05) is 212 Å². The summed E-state index contributed by atoms with van der Waals surface area (Å²) < 4.78 is 14.3. The number of hydrogen-bond donors (Lipinski definition) is 16. The van der Waals surface area contributed by atoms with Crippen molar-refractivity contribution in [2.45, 2.75) is 251 Å². The average molecular weight is 1840 g/mol. The number of morpholine rings is 2. The van der Waals surface area contributed by atoms with Crippen LogP contribution in [-0.2, 0) is 29.6 Å². The molecule has 0 aromatic carbocycles. The van der Waals surface area contributed by atoms with Crippen molar-refractivity contribution in [3.8, 4) is 0 Å². The third-order valence-corrected chi connectivity index (χ3v) is 25.6. The van der Waals surface area contributed by atoms with Crippen molar-refractivity contribution in [3.63, 3.8) is 0 Å². The van der Waals surface area contributed by atoms with Crippen molar-refractivity contribution in [1.29, 1.82) is 0 Å². The predicted octanol–water partition coefficient (Wildman–Crippen LogP) is 2.05. The first kappa shape index (κ1) is 128. The first-order chi connectivity index (χ1) is 62.6. The summed E-state index contributed by atoms with van der Waals surface area (Å²) in [4.78, 5) is 36.1. The number of hydrogen-bond acceptors (Lipinski definition) is 32. The molecule has 0 spiro atoms. The second-order valence-corrected chi connectivity index (χ2v) is 35.9. The summed E-state index contributed by atoms with van der Waals surface area (Å²) in [5, 5.41) is 20.2. The van der Waals surface area contributed by atoms with Crippen molar-refractivity contribution < 1.29 is 19.7 Å². The quantitative estimate of drug-likeness (QED) is 0.0532. The topological polar surface area (TPSA) is 484 Å². The lowest BCUT2D eigenvalue weighted by molar-refractivity contribution is 0.0306. The van der Waals surface area contributed by atoms with Crippen molar-refractivity contribution >= 4 is 0 Å². The number of aliphatic hydroxyl groups is 2. The molecule has 770 valence electrons. The van der Waals surface area contributed by atoms with Crippen molar-refractivity contribution in [2.75, 3.05) is 324 Å². The highest BCUT2D eigenvalue weighted by atomic mass is 16.5. The highest BCUT2D eigenvalue weighted by molar-refractivity contribution is 4.95. The maximum atomic E-state index is 8.54. The van der Waals surface area contributed by atoms with Gasteiger partial charge in [-0.3, -0.25) is 14.7 Å². The Hall–Kier alpha value is -2.78. The molecule has 11 fully saturated rings. The van der Waals surface area contributed by atoms with E-state index in [1.165, 1.54) is 207 Å². The highest BCUT2D eigenvalue weighted by Crippen LogP contribution is 2.20. The number of likely N-dealkylation sites (tertiary alicyclic amines) is 8. The Labute approximate surface area is 791 Å². The van der Waals surface area contributed by atoms with Gasteiger partial charge in [-0.2, -0.15) is 0 Å². The summed E-state index contributed by atoms with van der Waals surface area (Å²) in [6.45, 7) is 56.5. The minimum atomic E-state index is 0.264. The molecule has 11 aliphatic rings. The molecule has 5 atom stereocenters. The molecule has 13 rings (SSSR count). The number of piperidine rings is 3. The van der Waals surface area contributed by atoms with Crippen LogP contribution < -0.4 is 79.9 Å². The van der Waals surface area contributed by atoms with Gasteiger partial charge in [0.25, 0.3) is 0 Å². The van der Waals surface area contributed by atoms with Crippen LogP contribution in [0.15, 0.2) is 31.2 Å². The summed E-state index contributed by atoms with van der Waals surface area (Å²) in [6, 6.07) is 4.19. The van der Waals surface area contributed by atoms with Gasteiger partial charge in [0.2, 0.25) is 0 Å². The summed E-state index contributed by atoms with van der Waals surface area (Å²) in [5.74, 6) is 0. The van der Waals surface area contributed by atoms with E-state index in [0.29, 0.717) is 49.4 Å². The fourth-order valence-corrected chi connectivity index (χ4v) is 16.8. The van der Waals surface area contributed by atoms with E-state index < -0.39 is 0 Å². The number of aryl methyl sites for hydroxylation is 2. The van der Waals surface area contributed by atoms with E-state index in [9.17, 15) is 0 Å². The molecular weight excluding hydrogens is 1630 g/mol. The number of imidazole rings is 2. The lowest BCUT2D eigenvalue weighted by Crippen LogP contribution is -2.41. The zero-order valence-electron chi connectivity index (χ0n) is 85.5. The van der Waals surface area contributed by atoms with Gasteiger partial charge >= 0.3 is 0 Å². The second-order valence-electron chi connectivity index (χ2n) is 35.9. The second kappa shape index (κ2) is 92.9. The van der Waals surface area contributed by atoms with Gasteiger partial charge in [-0.25, -0.2) is 9.97 Å². The zero-order valence-corrected chi connectivity index (χ0v) is 85.5. The lowest BCUT2D eigenvalue weighted by Gasteiger charge is -2.31. The largest absolute Gasteiger partial charge is 0.395 e. The normalized spacial score (nSPS) is 22.9. The Kier molecular flexibility index (Phi) is 92.4. The predicted molar refractivity (Wildman–Crippen MR) is 549 cm³/mol. The number of nitrogens with zero attached hydrogens (tertiary/aromatic N) is 16. The van der Waals surface area contributed by atoms with Crippen molar-refractivity contribution in [1.82, 2.24) is 83.2 Å². The van der Waals surface area contributed by atoms with E-state index in [0.717, 1.165) is 247 Å². The molecule has 5 unspecified atom stereocenters. The van der Waals surface area contributed by atoms with Gasteiger partial charge in [0.1, 0.15) is 0 Å². The van der Waals surface area contributed by atoms with Gasteiger partial charge in [-0.1, -0.05) is 47.5 Å². The van der Waals surface area contributed by atoms with Gasteiger partial charge in [-0.15, -0.1) is 0 Å². The molecule has 34 nitrogen and oxygen atoms in total. The minimum Gasteiger partial charge on any atom is -0.395 e. The molecule has 0 amide bonds. The summed E-state index contributed by atoms with van der Waals surface area (Å²) in [7, 11) is 12.6. The Morgan fingerprint density at radius 2 is 0.814 bits per heavy atom. The molecule has 129 heavy (non-hydrogen) atoms. The molecule has 0 radical (unpaired) electrons. The molecule has 10 saturated heterocycles. The highest BCUT2D eigenvalue weighted by Gasteiger charge is 2.23. The number of ether oxygens (including phenoxy) is 2. The molecule has 10 aliphatic heterocycles. The van der Waals surface area contributed by atoms with Gasteiger partial charge < -0.3 is 153 Å². The Balaban J connectivity index is 0. The number of aromatic nitrogens is 4. The van der Waals surface area contributed by atoms with Crippen LogP contribution in [0.1, 0.15) is 201 Å². The smallest absolute Gasteiger partial charge is 0.0945 e. The van der Waals surface area contributed by atoms with E-state index in [4.69, 9.17) is 94.2 Å². The molecule has 12 heterocycles. The standard InChI is InChI=1S/C8H18N2.C7H16N2O.3C7H16N2.C6H11N3.4C6H14N2.2C6H16N2.C6H13NO2.C6H13NO.C5H9N3/c1-10-7-3-5-8(10)4-2-6-9;1-8-2-3-9-4-6-10-7-5-9;1-9-5-3-2-4-7(9)6-8;1-2-9-5-3-4-7(9)6-8;8-4-7-9-5-2-1-3-6-9;7-2-1-4-9-5-3-8-6-9;1-8-4-2-3-6(7)5-8;1-8-4-2-3-6(8)5-7;7-5-1-2-6(8)4-3-5;7-3-6-8-4-1-2-5-8;2*1-3-8(4-2)6-5-7;8-4-1-7-2-5-9-6-3-7;8-6-5-7-3-1-2-4-7;1-8-4-7-3-5(8)2-6/h8H,2-7,9H2,1H3;8H,2-7H2,1H3;2*7H,2-6,8H2,1H3;1-8H2;3,5-6H,1-2,4,7H2;2*6H,2-5,7H2,1H3;5-6H,1-4,7-8H2;1-7H2;2*3-7H2,1-2H3;8H,1-6H2;8H,1-6H2;3-4H,2,6H2,1H3. The molecule has 2 aromatic rings. The molecular formula is C95H216N30O4.